The molecule has 3 aromatic heterocycles. The molecule has 26 heavy (non-hydrogen) atoms. The first-order valence-electron chi connectivity index (χ1n) is 8.76. The first-order valence-corrected chi connectivity index (χ1v) is 9.64. The van der Waals surface area contributed by atoms with Crippen molar-refractivity contribution in [2.45, 2.75) is 25.8 Å². The van der Waals surface area contributed by atoms with Crippen molar-refractivity contribution in [3.63, 3.8) is 0 Å². The van der Waals surface area contributed by atoms with Crippen LogP contribution in [0.5, 0.6) is 0 Å². The number of nitrogens with one attached hydrogen (secondary N) is 1. The molecule has 1 aliphatic rings. The van der Waals surface area contributed by atoms with Crippen LogP contribution in [-0.4, -0.2) is 21.0 Å². The van der Waals surface area contributed by atoms with Crippen LogP contribution in [0.1, 0.15) is 16.7 Å². The molecule has 0 saturated carbocycles. The highest BCUT2D eigenvalue weighted by molar-refractivity contribution is 7.17. The minimum atomic E-state index is 0.365. The lowest BCUT2D eigenvalue weighted by Gasteiger charge is -2.14. The Morgan fingerprint density at radius 1 is 1.00 bits per heavy atom. The second-order valence-electron chi connectivity index (χ2n) is 6.79. The van der Waals surface area contributed by atoms with Gasteiger partial charge in [0.1, 0.15) is 17.0 Å². The van der Waals surface area contributed by atoms with E-state index in [0.29, 0.717) is 6.04 Å². The van der Waals surface area contributed by atoms with Gasteiger partial charge in [-0.1, -0.05) is 30.3 Å². The number of aryl methyl sites for hydroxylation is 1. The summed E-state index contributed by atoms with van der Waals surface area (Å²) in [5, 5.41) is 6.87. The molecule has 5 rings (SSSR count). The Labute approximate surface area is 156 Å². The maximum Gasteiger partial charge on any atom is 0.139 e. The lowest BCUT2D eigenvalue weighted by molar-refractivity contribution is 0.770. The molecule has 1 N–H and O–H groups in total. The Kier molecular flexibility index (Phi) is 3.68. The maximum atomic E-state index is 4.60. The van der Waals surface area contributed by atoms with Crippen molar-refractivity contribution in [3.8, 4) is 11.3 Å². The van der Waals surface area contributed by atoms with E-state index < -0.39 is 0 Å². The molecule has 4 aromatic rings. The van der Waals surface area contributed by atoms with Gasteiger partial charge in [-0.2, -0.15) is 0 Å². The van der Waals surface area contributed by atoms with E-state index in [9.17, 15) is 0 Å². The van der Waals surface area contributed by atoms with Crippen molar-refractivity contribution in [2.24, 2.45) is 0 Å². The van der Waals surface area contributed by atoms with Crippen molar-refractivity contribution in [1.29, 1.82) is 0 Å². The minimum Gasteiger partial charge on any atom is -0.366 e. The van der Waals surface area contributed by atoms with E-state index in [1.807, 2.05) is 6.20 Å². The predicted octanol–water partition coefficient (Wildman–Crippen LogP) is 4.64. The van der Waals surface area contributed by atoms with Crippen LogP contribution in [0.2, 0.25) is 0 Å². The molecule has 0 spiro atoms. The standard InChI is InChI=1S/C21H18N4S/c1-13-6-7-18(22-10-13)17-11-26-21-19(17)20(23-12-24-21)25-16-8-14-4-2-3-5-15(14)9-16/h2-7,10-12,16H,8-9H2,1H3,(H,23,24,25). The third-order valence-corrected chi connectivity index (χ3v) is 5.84. The Morgan fingerprint density at radius 3 is 2.54 bits per heavy atom. The Bertz CT molecular complexity index is 1060. The molecule has 1 aliphatic carbocycles. The zero-order valence-electron chi connectivity index (χ0n) is 14.4. The van der Waals surface area contributed by atoms with Crippen LogP contribution < -0.4 is 5.32 Å². The highest BCUT2D eigenvalue weighted by Gasteiger charge is 2.23. The molecule has 0 atom stereocenters. The van der Waals surface area contributed by atoms with Gasteiger partial charge < -0.3 is 5.32 Å². The number of aromatic nitrogens is 3. The monoisotopic (exact) mass is 358 g/mol. The molecule has 5 heteroatoms. The fourth-order valence-electron chi connectivity index (χ4n) is 3.65. The topological polar surface area (TPSA) is 50.7 Å². The summed E-state index contributed by atoms with van der Waals surface area (Å²) in [6, 6.07) is 13.2. The van der Waals surface area contributed by atoms with Gasteiger partial charge in [-0.05, 0) is 42.5 Å². The van der Waals surface area contributed by atoms with Crippen LogP contribution in [0.15, 0.2) is 54.3 Å². The second-order valence-corrected chi connectivity index (χ2v) is 7.65. The number of pyridine rings is 1. The molecule has 0 radical (unpaired) electrons. The van der Waals surface area contributed by atoms with Crippen molar-refractivity contribution in [1.82, 2.24) is 15.0 Å². The zero-order valence-corrected chi connectivity index (χ0v) is 15.3. The van der Waals surface area contributed by atoms with Gasteiger partial charge in [-0.25, -0.2) is 9.97 Å². The van der Waals surface area contributed by atoms with E-state index in [1.54, 1.807) is 17.7 Å². The Morgan fingerprint density at radius 2 is 1.81 bits per heavy atom. The summed E-state index contributed by atoms with van der Waals surface area (Å²) in [7, 11) is 0. The maximum absolute atomic E-state index is 4.60. The summed E-state index contributed by atoms with van der Waals surface area (Å²) in [4.78, 5) is 14.6. The van der Waals surface area contributed by atoms with Gasteiger partial charge in [0.25, 0.3) is 0 Å². The van der Waals surface area contributed by atoms with Crippen molar-refractivity contribution in [3.05, 3.63) is 71.0 Å². The van der Waals surface area contributed by atoms with Crippen LogP contribution >= 0.6 is 11.3 Å². The van der Waals surface area contributed by atoms with Crippen LogP contribution in [0.4, 0.5) is 5.82 Å². The van der Waals surface area contributed by atoms with Gasteiger partial charge in [0.15, 0.2) is 0 Å². The van der Waals surface area contributed by atoms with Gasteiger partial charge in [0.2, 0.25) is 0 Å². The number of hydrogen-bond donors (Lipinski definition) is 1. The number of benzene rings is 1. The highest BCUT2D eigenvalue weighted by Crippen LogP contribution is 2.36. The number of nitrogens with zero attached hydrogens (tertiary/aromatic N) is 3. The molecule has 0 fully saturated rings. The molecule has 0 aliphatic heterocycles. The molecule has 128 valence electrons. The normalized spacial score (nSPS) is 13.9. The van der Waals surface area contributed by atoms with E-state index >= 15 is 0 Å². The van der Waals surface area contributed by atoms with Gasteiger partial charge >= 0.3 is 0 Å². The van der Waals surface area contributed by atoms with Gasteiger partial charge in [0, 0.05) is 23.2 Å². The van der Waals surface area contributed by atoms with Gasteiger partial charge in [-0.3, -0.25) is 4.98 Å². The van der Waals surface area contributed by atoms with E-state index in [2.05, 4.69) is 69.0 Å². The summed E-state index contributed by atoms with van der Waals surface area (Å²) in [6.45, 7) is 2.05. The minimum absolute atomic E-state index is 0.365. The average Bonchev–Trinajstić information content (AvgIpc) is 3.26. The summed E-state index contributed by atoms with van der Waals surface area (Å²) in [5.74, 6) is 0.909. The third-order valence-electron chi connectivity index (χ3n) is 4.95. The number of anilines is 1. The summed E-state index contributed by atoms with van der Waals surface area (Å²) < 4.78 is 0. The predicted molar refractivity (Wildman–Crippen MR) is 107 cm³/mol. The van der Waals surface area contributed by atoms with Crippen molar-refractivity contribution in [2.75, 3.05) is 5.32 Å². The van der Waals surface area contributed by atoms with E-state index in [1.165, 1.54) is 11.1 Å². The number of rotatable bonds is 3. The zero-order chi connectivity index (χ0) is 17.5. The van der Waals surface area contributed by atoms with E-state index in [0.717, 1.165) is 45.7 Å². The van der Waals surface area contributed by atoms with Gasteiger partial charge in [-0.15, -0.1) is 11.3 Å². The first-order chi connectivity index (χ1) is 12.8. The van der Waals surface area contributed by atoms with Crippen LogP contribution in [0.25, 0.3) is 21.5 Å². The lowest BCUT2D eigenvalue weighted by Crippen LogP contribution is -2.20. The third kappa shape index (κ3) is 2.65. The second kappa shape index (κ2) is 6.18. The lowest BCUT2D eigenvalue weighted by atomic mass is 10.1. The van der Waals surface area contributed by atoms with Crippen LogP contribution in [0.3, 0.4) is 0 Å². The summed E-state index contributed by atoms with van der Waals surface area (Å²) >= 11 is 1.64. The molecule has 0 amide bonds. The van der Waals surface area contributed by atoms with Crippen molar-refractivity contribution < 1.29 is 0 Å². The fourth-order valence-corrected chi connectivity index (χ4v) is 4.56. The molecule has 3 heterocycles. The van der Waals surface area contributed by atoms with Crippen LogP contribution in [-0.2, 0) is 12.8 Å². The average molecular weight is 358 g/mol. The van der Waals surface area contributed by atoms with Crippen LogP contribution in [0, 0.1) is 6.92 Å². The first kappa shape index (κ1) is 15.5. The number of thiophene rings is 1. The molecule has 0 bridgehead atoms. The molecule has 0 unspecified atom stereocenters. The van der Waals surface area contributed by atoms with Crippen molar-refractivity contribution >= 4 is 27.4 Å². The quantitative estimate of drug-likeness (QED) is 0.580. The Balaban J connectivity index is 1.52. The largest absolute Gasteiger partial charge is 0.366 e. The fraction of sp³-hybridized carbons (Fsp3) is 0.190. The highest BCUT2D eigenvalue weighted by atomic mass is 32.1. The van der Waals surface area contributed by atoms with E-state index in [-0.39, 0.29) is 0 Å². The molecule has 0 saturated heterocycles. The summed E-state index contributed by atoms with van der Waals surface area (Å²) in [6.07, 6.45) is 5.62. The van der Waals surface area contributed by atoms with Gasteiger partial charge in [0.05, 0.1) is 11.1 Å². The number of hydrogen-bond acceptors (Lipinski definition) is 5. The smallest absolute Gasteiger partial charge is 0.139 e. The molecular weight excluding hydrogens is 340 g/mol. The molecular formula is C21H18N4S. The van der Waals surface area contributed by atoms with E-state index in [4.69, 9.17) is 0 Å². The molecule has 4 nitrogen and oxygen atoms in total. The summed E-state index contributed by atoms with van der Waals surface area (Å²) in [5.41, 5.74) is 6.09. The SMILES string of the molecule is Cc1ccc(-c2csc3ncnc(NC4Cc5ccccc5C4)c23)nc1. The Hall–Kier alpha value is -2.79. The molecule has 1 aromatic carbocycles. The number of fused-ring (bicyclic) bond motifs is 2.